The molecule has 1 fully saturated rings. The molecule has 0 radical (unpaired) electrons. The van der Waals surface area contributed by atoms with Gasteiger partial charge in [0.25, 0.3) is 0 Å². The highest BCUT2D eigenvalue weighted by molar-refractivity contribution is 7.90. The minimum atomic E-state index is -3.42. The van der Waals surface area contributed by atoms with Gasteiger partial charge < -0.3 is 5.32 Å². The van der Waals surface area contributed by atoms with Crippen LogP contribution in [0, 0.1) is 11.8 Å². The van der Waals surface area contributed by atoms with Crippen molar-refractivity contribution in [1.82, 2.24) is 9.78 Å². The molecular formula is C23H32ClN3O3S. The SMILES string of the molecule is CC(C)CCn1ccc(NC(=O)[C@H](CC2CCCC2)c2ccc(S(C)(=O)=O)c(Cl)c2)n1. The van der Waals surface area contributed by atoms with Gasteiger partial charge in [0.1, 0.15) is 0 Å². The van der Waals surface area contributed by atoms with Crippen molar-refractivity contribution < 1.29 is 13.2 Å². The number of nitrogens with zero attached hydrogens (tertiary/aromatic N) is 2. The van der Waals surface area contributed by atoms with Crippen LogP contribution in [0.2, 0.25) is 5.02 Å². The Balaban J connectivity index is 1.80. The average molecular weight is 466 g/mol. The van der Waals surface area contributed by atoms with Gasteiger partial charge >= 0.3 is 0 Å². The molecular weight excluding hydrogens is 434 g/mol. The number of amides is 1. The Morgan fingerprint density at radius 1 is 1.26 bits per heavy atom. The van der Waals surface area contributed by atoms with Crippen LogP contribution in [-0.2, 0) is 21.2 Å². The second-order valence-electron chi connectivity index (χ2n) is 9.04. The molecule has 170 valence electrons. The smallest absolute Gasteiger partial charge is 0.233 e. The summed E-state index contributed by atoms with van der Waals surface area (Å²) in [7, 11) is -3.42. The summed E-state index contributed by atoms with van der Waals surface area (Å²) in [6, 6.07) is 6.65. The topological polar surface area (TPSA) is 81.1 Å². The van der Waals surface area contributed by atoms with E-state index in [0.29, 0.717) is 24.1 Å². The number of aryl methyl sites for hydroxylation is 1. The number of nitrogens with one attached hydrogen (secondary N) is 1. The number of hydrogen-bond acceptors (Lipinski definition) is 4. The molecule has 0 aliphatic heterocycles. The van der Waals surface area contributed by atoms with Crippen LogP contribution >= 0.6 is 11.6 Å². The summed E-state index contributed by atoms with van der Waals surface area (Å²) in [5.74, 6) is 1.05. The third-order valence-corrected chi connectivity index (χ3v) is 7.53. The minimum Gasteiger partial charge on any atom is -0.309 e. The van der Waals surface area contributed by atoms with Crippen molar-refractivity contribution in [2.75, 3.05) is 11.6 Å². The Morgan fingerprint density at radius 2 is 1.97 bits per heavy atom. The molecule has 2 aromatic rings. The highest BCUT2D eigenvalue weighted by Gasteiger charge is 2.28. The van der Waals surface area contributed by atoms with Crippen LogP contribution in [0.5, 0.6) is 0 Å². The lowest BCUT2D eigenvalue weighted by Gasteiger charge is -2.21. The van der Waals surface area contributed by atoms with Crippen molar-refractivity contribution in [3.8, 4) is 0 Å². The van der Waals surface area contributed by atoms with E-state index in [1.54, 1.807) is 12.1 Å². The highest BCUT2D eigenvalue weighted by Crippen LogP contribution is 2.36. The molecule has 0 bridgehead atoms. The summed E-state index contributed by atoms with van der Waals surface area (Å²) < 4.78 is 25.7. The van der Waals surface area contributed by atoms with Crippen LogP contribution in [0.3, 0.4) is 0 Å². The maximum Gasteiger partial charge on any atom is 0.233 e. The van der Waals surface area contributed by atoms with Crippen LogP contribution in [0.4, 0.5) is 5.82 Å². The molecule has 1 aliphatic rings. The zero-order valence-electron chi connectivity index (χ0n) is 18.5. The van der Waals surface area contributed by atoms with Crippen LogP contribution < -0.4 is 5.32 Å². The second kappa shape index (κ2) is 10.2. The summed E-state index contributed by atoms with van der Waals surface area (Å²) in [4.78, 5) is 13.3. The minimum absolute atomic E-state index is 0.0850. The van der Waals surface area contributed by atoms with Gasteiger partial charge in [-0.3, -0.25) is 9.48 Å². The van der Waals surface area contributed by atoms with Crippen LogP contribution in [0.1, 0.15) is 63.9 Å². The number of halogens is 1. The number of carbonyl (C=O) groups is 1. The number of carbonyl (C=O) groups excluding carboxylic acids is 1. The molecule has 3 rings (SSSR count). The Bertz CT molecular complexity index is 1010. The van der Waals surface area contributed by atoms with Crippen molar-refractivity contribution in [2.24, 2.45) is 11.8 Å². The number of hydrogen-bond donors (Lipinski definition) is 1. The molecule has 1 saturated carbocycles. The van der Waals surface area contributed by atoms with Gasteiger partial charge in [0.05, 0.1) is 15.8 Å². The van der Waals surface area contributed by atoms with Crippen molar-refractivity contribution >= 4 is 33.2 Å². The maximum atomic E-state index is 13.2. The van der Waals surface area contributed by atoms with Gasteiger partial charge in [-0.2, -0.15) is 5.10 Å². The first kappa shape index (κ1) is 23.8. The first-order chi connectivity index (χ1) is 14.6. The monoisotopic (exact) mass is 465 g/mol. The normalized spacial score (nSPS) is 16.0. The van der Waals surface area contributed by atoms with Gasteiger partial charge in [0.2, 0.25) is 5.91 Å². The van der Waals surface area contributed by atoms with E-state index in [4.69, 9.17) is 11.6 Å². The van der Waals surface area contributed by atoms with Crippen LogP contribution in [0.15, 0.2) is 35.4 Å². The second-order valence-corrected chi connectivity index (χ2v) is 11.4. The van der Waals surface area contributed by atoms with Crippen LogP contribution in [-0.4, -0.2) is 30.4 Å². The molecule has 1 atom stereocenters. The summed E-state index contributed by atoms with van der Waals surface area (Å²) in [6.07, 6.45) is 9.35. The third kappa shape index (κ3) is 6.56. The van der Waals surface area contributed by atoms with Crippen molar-refractivity contribution in [1.29, 1.82) is 0 Å². The number of rotatable bonds is 9. The van der Waals surface area contributed by atoms with Crippen molar-refractivity contribution in [3.63, 3.8) is 0 Å². The molecule has 1 N–H and O–H groups in total. The number of benzene rings is 1. The maximum absolute atomic E-state index is 13.2. The molecule has 6 nitrogen and oxygen atoms in total. The zero-order valence-corrected chi connectivity index (χ0v) is 20.0. The summed E-state index contributed by atoms with van der Waals surface area (Å²) in [5, 5.41) is 7.58. The van der Waals surface area contributed by atoms with Gasteiger partial charge in [-0.05, 0) is 42.4 Å². The highest BCUT2D eigenvalue weighted by atomic mass is 35.5. The Labute approximate surface area is 190 Å². The Kier molecular flexibility index (Phi) is 7.81. The fourth-order valence-electron chi connectivity index (χ4n) is 4.17. The lowest BCUT2D eigenvalue weighted by molar-refractivity contribution is -0.118. The Hall–Kier alpha value is -1.86. The average Bonchev–Trinajstić information content (AvgIpc) is 3.35. The van der Waals surface area contributed by atoms with E-state index in [-0.39, 0.29) is 15.8 Å². The molecule has 31 heavy (non-hydrogen) atoms. The molecule has 8 heteroatoms. The number of anilines is 1. The fraction of sp³-hybridized carbons (Fsp3) is 0.565. The predicted molar refractivity (Wildman–Crippen MR) is 124 cm³/mol. The van der Waals surface area contributed by atoms with Gasteiger partial charge in [0, 0.05) is 25.1 Å². The van der Waals surface area contributed by atoms with Crippen molar-refractivity contribution in [2.45, 2.75) is 69.7 Å². The molecule has 1 aromatic heterocycles. The van der Waals surface area contributed by atoms with E-state index in [1.165, 1.54) is 18.9 Å². The van der Waals surface area contributed by atoms with E-state index in [2.05, 4.69) is 24.3 Å². The molecule has 1 amide bonds. The third-order valence-electron chi connectivity index (χ3n) is 5.95. The lowest BCUT2D eigenvalue weighted by Crippen LogP contribution is -2.23. The molecule has 0 spiro atoms. The molecule has 0 unspecified atom stereocenters. The zero-order chi connectivity index (χ0) is 22.6. The number of aromatic nitrogens is 2. The van der Waals surface area contributed by atoms with Gasteiger partial charge in [-0.25, -0.2) is 8.42 Å². The predicted octanol–water partition coefficient (Wildman–Crippen LogP) is 5.29. The van der Waals surface area contributed by atoms with Crippen LogP contribution in [0.25, 0.3) is 0 Å². The first-order valence-electron chi connectivity index (χ1n) is 11.0. The van der Waals surface area contributed by atoms with Crippen molar-refractivity contribution in [3.05, 3.63) is 41.0 Å². The summed E-state index contributed by atoms with van der Waals surface area (Å²) >= 11 is 6.28. The fourth-order valence-corrected chi connectivity index (χ4v) is 5.50. The number of sulfone groups is 1. The van der Waals surface area contributed by atoms with E-state index < -0.39 is 15.8 Å². The van der Waals surface area contributed by atoms with E-state index in [9.17, 15) is 13.2 Å². The van der Waals surface area contributed by atoms with Gasteiger partial charge in [0.15, 0.2) is 15.7 Å². The molecule has 1 aliphatic carbocycles. The molecule has 1 aromatic carbocycles. The lowest BCUT2D eigenvalue weighted by atomic mass is 9.87. The van der Waals surface area contributed by atoms with Gasteiger partial charge in [-0.15, -0.1) is 0 Å². The standard InChI is InChI=1S/C23H32ClN3O3S/c1-16(2)10-12-27-13-11-22(26-27)25-23(28)19(14-17-6-4-5-7-17)18-8-9-21(20(24)15-18)31(3,29)30/h8-9,11,13,15-17,19H,4-7,10,12,14H2,1-3H3,(H,25,26,28)/t19-/m1/s1. The van der Waals surface area contributed by atoms with E-state index in [0.717, 1.165) is 37.6 Å². The van der Waals surface area contributed by atoms with Gasteiger partial charge in [-0.1, -0.05) is 57.2 Å². The summed E-state index contributed by atoms with van der Waals surface area (Å²) in [6.45, 7) is 5.14. The molecule has 0 saturated heterocycles. The van der Waals surface area contributed by atoms with E-state index >= 15 is 0 Å². The van der Waals surface area contributed by atoms with E-state index in [1.807, 2.05) is 16.9 Å². The summed E-state index contributed by atoms with van der Waals surface area (Å²) in [5.41, 5.74) is 0.737. The largest absolute Gasteiger partial charge is 0.309 e. The first-order valence-corrected chi connectivity index (χ1v) is 13.2. The Morgan fingerprint density at radius 3 is 2.58 bits per heavy atom. The quantitative estimate of drug-likeness (QED) is 0.545. The molecule has 1 heterocycles.